The van der Waals surface area contributed by atoms with Crippen molar-refractivity contribution in [2.24, 2.45) is 0 Å². The fraction of sp³-hybridized carbons (Fsp3) is 0.571. The maximum atomic E-state index is 11.1. The van der Waals surface area contributed by atoms with Gasteiger partial charge in [0.2, 0.25) is 11.9 Å². The van der Waals surface area contributed by atoms with Crippen molar-refractivity contribution >= 4 is 11.9 Å². The quantitative estimate of drug-likeness (QED) is 0.651. The predicted octanol–water partition coefficient (Wildman–Crippen LogP) is -0.613. The Kier molecular flexibility index (Phi) is 3.24. The summed E-state index contributed by atoms with van der Waals surface area (Å²) in [6, 6.07) is 0. The smallest absolute Gasteiger partial charge is 0.241 e. The maximum absolute atomic E-state index is 11.1. The number of nitrogens with one attached hydrogen (secondary N) is 1. The number of hydrogen-bond acceptors (Lipinski definition) is 4. The number of anilines is 1. The number of nitrogens with zero attached hydrogens (tertiary/aromatic N) is 3. The highest BCUT2D eigenvalue weighted by molar-refractivity contribution is 5.75. The van der Waals surface area contributed by atoms with E-state index in [1.165, 1.54) is 11.0 Å². The van der Waals surface area contributed by atoms with Crippen LogP contribution in [0.5, 0.6) is 0 Å². The van der Waals surface area contributed by atoms with Gasteiger partial charge in [0.25, 0.3) is 0 Å². The van der Waals surface area contributed by atoms with Gasteiger partial charge >= 0.3 is 0 Å². The third-order valence-electron chi connectivity index (χ3n) is 1.43. The maximum Gasteiger partial charge on any atom is 0.241 e. The molecule has 0 aliphatic heterocycles. The summed E-state index contributed by atoms with van der Waals surface area (Å²) >= 11 is 0. The van der Waals surface area contributed by atoms with Crippen molar-refractivity contribution in [2.45, 2.75) is 19.9 Å². The summed E-state index contributed by atoms with van der Waals surface area (Å²) in [6.07, 6.45) is 2.35. The minimum atomic E-state index is -0.0771. The number of carbonyl (C=O) groups is 1. The van der Waals surface area contributed by atoms with Crippen LogP contribution in [0.2, 0.25) is 0 Å². The second kappa shape index (κ2) is 4.44. The lowest BCUT2D eigenvalue weighted by Crippen LogP contribution is -2.28. The Morgan fingerprint density at radius 2 is 2.54 bits per heavy atom. The van der Waals surface area contributed by atoms with Crippen molar-refractivity contribution in [3.05, 3.63) is 6.33 Å². The zero-order valence-electron chi connectivity index (χ0n) is 7.53. The largest absolute Gasteiger partial charge is 0.367 e. The molecule has 0 spiro atoms. The normalized spacial score (nSPS) is 9.92. The number of carbonyl (C=O) groups excluding carboxylic acids is 1. The highest BCUT2D eigenvalue weighted by Crippen LogP contribution is 1.88. The number of rotatable bonds is 4. The van der Waals surface area contributed by atoms with Gasteiger partial charge in [0.1, 0.15) is 12.9 Å². The average Bonchev–Trinajstić information content (AvgIpc) is 2.48. The van der Waals surface area contributed by atoms with Crippen LogP contribution in [-0.2, 0) is 11.3 Å². The SMILES string of the molecule is CCCNC(=O)Cn1cnc(N)n1. The zero-order valence-corrected chi connectivity index (χ0v) is 7.53. The topological polar surface area (TPSA) is 85.8 Å². The Morgan fingerprint density at radius 1 is 1.77 bits per heavy atom. The minimum Gasteiger partial charge on any atom is -0.367 e. The van der Waals surface area contributed by atoms with Gasteiger partial charge in [0.15, 0.2) is 0 Å². The molecule has 6 heteroatoms. The highest BCUT2D eigenvalue weighted by atomic mass is 16.2. The van der Waals surface area contributed by atoms with Gasteiger partial charge in [-0.05, 0) is 6.42 Å². The Balaban J connectivity index is 2.36. The van der Waals surface area contributed by atoms with Crippen molar-refractivity contribution < 1.29 is 4.79 Å². The van der Waals surface area contributed by atoms with Gasteiger partial charge in [-0.2, -0.15) is 0 Å². The fourth-order valence-corrected chi connectivity index (χ4v) is 0.853. The Bertz CT molecular complexity index is 282. The predicted molar refractivity (Wildman–Crippen MR) is 47.7 cm³/mol. The molecule has 13 heavy (non-hydrogen) atoms. The van der Waals surface area contributed by atoms with Crippen molar-refractivity contribution in [2.75, 3.05) is 12.3 Å². The van der Waals surface area contributed by atoms with Crippen LogP contribution >= 0.6 is 0 Å². The van der Waals surface area contributed by atoms with E-state index >= 15 is 0 Å². The molecule has 0 aliphatic rings. The summed E-state index contributed by atoms with van der Waals surface area (Å²) in [5.41, 5.74) is 5.28. The van der Waals surface area contributed by atoms with Gasteiger partial charge in [-0.15, -0.1) is 5.10 Å². The molecular formula is C7H13N5O. The van der Waals surface area contributed by atoms with E-state index in [-0.39, 0.29) is 18.4 Å². The number of amides is 1. The molecule has 0 unspecified atom stereocenters. The van der Waals surface area contributed by atoms with Gasteiger partial charge in [0, 0.05) is 6.54 Å². The van der Waals surface area contributed by atoms with Crippen LogP contribution in [0.15, 0.2) is 6.33 Å². The van der Waals surface area contributed by atoms with Gasteiger partial charge in [0.05, 0.1) is 0 Å². The summed E-state index contributed by atoms with van der Waals surface area (Å²) in [5, 5.41) is 6.50. The van der Waals surface area contributed by atoms with E-state index in [0.717, 1.165) is 6.42 Å². The second-order valence-corrected chi connectivity index (χ2v) is 2.65. The lowest BCUT2D eigenvalue weighted by atomic mass is 10.4. The highest BCUT2D eigenvalue weighted by Gasteiger charge is 2.02. The van der Waals surface area contributed by atoms with Crippen molar-refractivity contribution in [3.8, 4) is 0 Å². The first-order chi connectivity index (χ1) is 6.22. The first kappa shape index (κ1) is 9.50. The molecule has 0 aromatic carbocycles. The van der Waals surface area contributed by atoms with Gasteiger partial charge in [-0.3, -0.25) is 4.79 Å². The average molecular weight is 183 g/mol. The van der Waals surface area contributed by atoms with Crippen LogP contribution in [0.25, 0.3) is 0 Å². The number of hydrogen-bond donors (Lipinski definition) is 2. The first-order valence-corrected chi connectivity index (χ1v) is 4.14. The summed E-state index contributed by atoms with van der Waals surface area (Å²) < 4.78 is 1.40. The molecular weight excluding hydrogens is 170 g/mol. The molecule has 6 nitrogen and oxygen atoms in total. The first-order valence-electron chi connectivity index (χ1n) is 4.14. The van der Waals surface area contributed by atoms with Crippen LogP contribution in [0.3, 0.4) is 0 Å². The fourth-order valence-electron chi connectivity index (χ4n) is 0.853. The standard InChI is InChI=1S/C7H13N5O/c1-2-3-9-6(13)4-12-5-10-7(8)11-12/h5H,2-4H2,1H3,(H2,8,11)(H,9,13). The molecule has 1 aromatic heterocycles. The lowest BCUT2D eigenvalue weighted by Gasteiger charge is -2.01. The van der Waals surface area contributed by atoms with Gasteiger partial charge in [-0.25, -0.2) is 9.67 Å². The van der Waals surface area contributed by atoms with E-state index in [9.17, 15) is 4.79 Å². The second-order valence-electron chi connectivity index (χ2n) is 2.65. The van der Waals surface area contributed by atoms with E-state index < -0.39 is 0 Å². The van der Waals surface area contributed by atoms with Crippen LogP contribution in [-0.4, -0.2) is 27.2 Å². The summed E-state index contributed by atoms with van der Waals surface area (Å²) in [6.45, 7) is 2.85. The van der Waals surface area contributed by atoms with Crippen LogP contribution in [0.1, 0.15) is 13.3 Å². The molecule has 0 radical (unpaired) electrons. The van der Waals surface area contributed by atoms with Crippen molar-refractivity contribution in [1.82, 2.24) is 20.1 Å². The van der Waals surface area contributed by atoms with E-state index in [4.69, 9.17) is 5.73 Å². The molecule has 0 aliphatic carbocycles. The Hall–Kier alpha value is -1.59. The molecule has 72 valence electrons. The molecule has 0 saturated carbocycles. The molecule has 1 heterocycles. The van der Waals surface area contributed by atoms with E-state index in [2.05, 4.69) is 15.4 Å². The number of aromatic nitrogens is 3. The monoisotopic (exact) mass is 183 g/mol. The third-order valence-corrected chi connectivity index (χ3v) is 1.43. The molecule has 0 bridgehead atoms. The molecule has 1 amide bonds. The summed E-state index contributed by atoms with van der Waals surface area (Å²) in [5.74, 6) is 0.107. The van der Waals surface area contributed by atoms with Gasteiger partial charge in [-0.1, -0.05) is 6.92 Å². The van der Waals surface area contributed by atoms with E-state index in [0.29, 0.717) is 6.54 Å². The van der Waals surface area contributed by atoms with Crippen molar-refractivity contribution in [1.29, 1.82) is 0 Å². The number of nitrogens with two attached hydrogens (primary N) is 1. The third kappa shape index (κ3) is 3.10. The lowest BCUT2D eigenvalue weighted by molar-refractivity contribution is -0.121. The zero-order chi connectivity index (χ0) is 9.68. The summed E-state index contributed by atoms with van der Waals surface area (Å²) in [7, 11) is 0. The molecule has 3 N–H and O–H groups in total. The minimum absolute atomic E-state index is 0.0771. The van der Waals surface area contributed by atoms with Crippen molar-refractivity contribution in [3.63, 3.8) is 0 Å². The molecule has 0 saturated heterocycles. The molecule has 0 fully saturated rings. The van der Waals surface area contributed by atoms with E-state index in [1.807, 2.05) is 6.92 Å². The van der Waals surface area contributed by atoms with Crippen LogP contribution < -0.4 is 11.1 Å². The summed E-state index contributed by atoms with van der Waals surface area (Å²) in [4.78, 5) is 14.8. The number of nitrogen functional groups attached to an aromatic ring is 1. The Morgan fingerprint density at radius 3 is 3.08 bits per heavy atom. The van der Waals surface area contributed by atoms with Gasteiger partial charge < -0.3 is 11.1 Å². The molecule has 0 atom stereocenters. The molecule has 1 aromatic rings. The van der Waals surface area contributed by atoms with Crippen LogP contribution in [0, 0.1) is 0 Å². The van der Waals surface area contributed by atoms with E-state index in [1.54, 1.807) is 0 Å². The Labute approximate surface area is 76.1 Å². The molecule has 1 rings (SSSR count). The van der Waals surface area contributed by atoms with Crippen LogP contribution in [0.4, 0.5) is 5.95 Å².